The van der Waals surface area contributed by atoms with Gasteiger partial charge in [-0.15, -0.1) is 0 Å². The Bertz CT molecular complexity index is 404. The van der Waals surface area contributed by atoms with Crippen molar-refractivity contribution in [2.24, 2.45) is 4.99 Å². The molecule has 6 nitrogen and oxygen atoms in total. The molecule has 0 aliphatic heterocycles. The molecule has 0 radical (unpaired) electrons. The Labute approximate surface area is 140 Å². The highest BCUT2D eigenvalue weighted by Gasteiger charge is 1.96. The van der Waals surface area contributed by atoms with Crippen LogP contribution in [0.25, 0.3) is 0 Å². The van der Waals surface area contributed by atoms with Gasteiger partial charge in [0.25, 0.3) is 0 Å². The number of nitrogens with zero attached hydrogens (tertiary/aromatic N) is 1. The minimum atomic E-state index is -0.0617. The van der Waals surface area contributed by atoms with E-state index in [1.807, 2.05) is 19.1 Å². The predicted molar refractivity (Wildman–Crippen MR) is 94.8 cm³/mol. The van der Waals surface area contributed by atoms with E-state index in [9.17, 15) is 4.79 Å². The zero-order valence-corrected chi connectivity index (χ0v) is 14.9. The molecular formula is C17H31N3O3. The minimum absolute atomic E-state index is 0.0617. The summed E-state index contributed by atoms with van der Waals surface area (Å²) in [5.41, 5.74) is 1.85. The summed E-state index contributed by atoms with van der Waals surface area (Å²) in [5, 5.41) is 5.96. The summed E-state index contributed by atoms with van der Waals surface area (Å²) in [6.45, 7) is 14.7. The van der Waals surface area contributed by atoms with Gasteiger partial charge in [-0.25, -0.2) is 0 Å². The van der Waals surface area contributed by atoms with E-state index in [1.54, 1.807) is 0 Å². The van der Waals surface area contributed by atoms with Crippen LogP contribution in [0.3, 0.4) is 0 Å². The molecule has 0 unspecified atom stereocenters. The molecule has 0 atom stereocenters. The number of hydrogen-bond donors (Lipinski definition) is 2. The summed E-state index contributed by atoms with van der Waals surface area (Å²) < 4.78 is 11.0. The third kappa shape index (κ3) is 15.2. The van der Waals surface area contributed by atoms with Crippen LogP contribution in [-0.2, 0) is 14.3 Å². The van der Waals surface area contributed by atoms with E-state index in [2.05, 4.69) is 36.2 Å². The second kappa shape index (κ2) is 14.1. The van der Waals surface area contributed by atoms with Crippen molar-refractivity contribution >= 4 is 12.6 Å². The van der Waals surface area contributed by atoms with Crippen LogP contribution in [0, 0.1) is 0 Å². The Morgan fingerprint density at radius 1 is 1.13 bits per heavy atom. The minimum Gasteiger partial charge on any atom is -0.376 e. The topological polar surface area (TPSA) is 71.9 Å². The maximum Gasteiger partial charge on any atom is 0.216 e. The molecule has 0 aliphatic rings. The molecule has 0 rings (SSSR count). The van der Waals surface area contributed by atoms with Crippen LogP contribution >= 0.6 is 0 Å². The fourth-order valence-electron chi connectivity index (χ4n) is 1.56. The van der Waals surface area contributed by atoms with Crippen molar-refractivity contribution < 1.29 is 14.3 Å². The summed E-state index contributed by atoms with van der Waals surface area (Å²) in [5.74, 6) is -0.0617. The molecule has 1 amide bonds. The van der Waals surface area contributed by atoms with Crippen LogP contribution in [0.15, 0.2) is 28.4 Å². The normalized spacial score (nSPS) is 12.6. The number of aliphatic imine (C=N–C) groups is 1. The van der Waals surface area contributed by atoms with Gasteiger partial charge in [0.15, 0.2) is 0 Å². The zero-order chi connectivity index (χ0) is 17.5. The Morgan fingerprint density at radius 3 is 2.39 bits per heavy atom. The zero-order valence-electron chi connectivity index (χ0n) is 14.9. The van der Waals surface area contributed by atoms with Crippen molar-refractivity contribution in [2.45, 2.75) is 33.7 Å². The molecule has 0 saturated heterocycles. The molecule has 0 aromatic heterocycles. The molecule has 0 aromatic carbocycles. The van der Waals surface area contributed by atoms with Crippen molar-refractivity contribution in [3.63, 3.8) is 0 Å². The Balaban J connectivity index is 3.94. The maximum atomic E-state index is 10.7. The molecule has 0 fully saturated rings. The maximum absolute atomic E-state index is 10.7. The SMILES string of the molecule is C=N/C(=C\C=C(/C)COCCNC(C)C)COCCNC(C)=O. The van der Waals surface area contributed by atoms with E-state index in [-0.39, 0.29) is 5.91 Å². The van der Waals surface area contributed by atoms with E-state index in [4.69, 9.17) is 9.47 Å². The van der Waals surface area contributed by atoms with E-state index in [0.717, 1.165) is 17.8 Å². The van der Waals surface area contributed by atoms with Gasteiger partial charge in [0.2, 0.25) is 5.91 Å². The average Bonchev–Trinajstić information content (AvgIpc) is 2.49. The first-order valence-corrected chi connectivity index (χ1v) is 7.92. The van der Waals surface area contributed by atoms with Crippen molar-refractivity contribution in [3.8, 4) is 0 Å². The third-order valence-corrected chi connectivity index (χ3v) is 2.76. The van der Waals surface area contributed by atoms with E-state index >= 15 is 0 Å². The molecule has 0 aromatic rings. The van der Waals surface area contributed by atoms with Crippen molar-refractivity contribution in [2.75, 3.05) is 39.5 Å². The van der Waals surface area contributed by atoms with Crippen molar-refractivity contribution in [1.29, 1.82) is 0 Å². The second-order valence-corrected chi connectivity index (χ2v) is 5.53. The average molecular weight is 325 g/mol. The van der Waals surface area contributed by atoms with Gasteiger partial charge in [-0.1, -0.05) is 19.9 Å². The quantitative estimate of drug-likeness (QED) is 0.307. The fourth-order valence-corrected chi connectivity index (χ4v) is 1.56. The Morgan fingerprint density at radius 2 is 1.78 bits per heavy atom. The highest BCUT2D eigenvalue weighted by atomic mass is 16.5. The molecule has 0 aliphatic carbocycles. The highest BCUT2D eigenvalue weighted by molar-refractivity contribution is 5.72. The van der Waals surface area contributed by atoms with Gasteiger partial charge in [-0.2, -0.15) is 0 Å². The smallest absolute Gasteiger partial charge is 0.216 e. The number of carbonyl (C=O) groups is 1. The molecular weight excluding hydrogens is 294 g/mol. The monoisotopic (exact) mass is 325 g/mol. The van der Waals surface area contributed by atoms with Crippen LogP contribution in [0.5, 0.6) is 0 Å². The Kier molecular flexibility index (Phi) is 13.2. The Hall–Kier alpha value is -1.50. The molecule has 0 heterocycles. The number of amides is 1. The van der Waals surface area contributed by atoms with Crippen LogP contribution in [0.2, 0.25) is 0 Å². The number of carbonyl (C=O) groups excluding carboxylic acids is 1. The van der Waals surface area contributed by atoms with Gasteiger partial charge in [-0.05, 0) is 25.3 Å². The molecule has 6 heteroatoms. The van der Waals surface area contributed by atoms with Gasteiger partial charge in [0.05, 0.1) is 32.1 Å². The van der Waals surface area contributed by atoms with Gasteiger partial charge >= 0.3 is 0 Å². The van der Waals surface area contributed by atoms with Gasteiger partial charge in [0.1, 0.15) is 0 Å². The lowest BCUT2D eigenvalue weighted by molar-refractivity contribution is -0.119. The lowest BCUT2D eigenvalue weighted by Crippen LogP contribution is -2.26. The van der Waals surface area contributed by atoms with E-state index in [0.29, 0.717) is 39.0 Å². The number of nitrogens with one attached hydrogen (secondary N) is 2. The summed E-state index contributed by atoms with van der Waals surface area (Å²) in [6, 6.07) is 0.477. The van der Waals surface area contributed by atoms with Gasteiger partial charge in [-0.3, -0.25) is 9.79 Å². The van der Waals surface area contributed by atoms with Crippen LogP contribution in [-0.4, -0.2) is 58.2 Å². The molecule has 0 spiro atoms. The number of allylic oxidation sites excluding steroid dienone is 2. The van der Waals surface area contributed by atoms with Crippen LogP contribution < -0.4 is 10.6 Å². The van der Waals surface area contributed by atoms with E-state index in [1.165, 1.54) is 6.92 Å². The molecule has 23 heavy (non-hydrogen) atoms. The molecule has 132 valence electrons. The first kappa shape index (κ1) is 21.5. The summed E-state index contributed by atoms with van der Waals surface area (Å²) in [6.07, 6.45) is 3.83. The van der Waals surface area contributed by atoms with Crippen molar-refractivity contribution in [3.05, 3.63) is 23.4 Å². The third-order valence-electron chi connectivity index (χ3n) is 2.76. The summed E-state index contributed by atoms with van der Waals surface area (Å²) in [7, 11) is 0. The van der Waals surface area contributed by atoms with Crippen LogP contribution in [0.1, 0.15) is 27.7 Å². The first-order chi connectivity index (χ1) is 11.0. The highest BCUT2D eigenvalue weighted by Crippen LogP contribution is 2.01. The summed E-state index contributed by atoms with van der Waals surface area (Å²) in [4.78, 5) is 14.6. The lowest BCUT2D eigenvalue weighted by Gasteiger charge is -2.08. The standard InChI is InChI=1S/C17H31N3O3/c1-14(2)19-8-10-22-12-15(3)6-7-17(18-5)13-23-11-9-20-16(4)21/h6-7,14,19H,5,8-13H2,1-4H3,(H,20,21)/b15-6+,17-7-. The second-order valence-electron chi connectivity index (χ2n) is 5.53. The predicted octanol–water partition coefficient (Wildman–Crippen LogP) is 1.68. The molecule has 2 N–H and O–H groups in total. The number of rotatable bonds is 13. The largest absolute Gasteiger partial charge is 0.376 e. The lowest BCUT2D eigenvalue weighted by atomic mass is 10.2. The molecule has 0 bridgehead atoms. The van der Waals surface area contributed by atoms with Crippen LogP contribution in [0.4, 0.5) is 0 Å². The first-order valence-electron chi connectivity index (χ1n) is 7.92. The fraction of sp³-hybridized carbons (Fsp3) is 0.647. The van der Waals surface area contributed by atoms with Crippen molar-refractivity contribution in [1.82, 2.24) is 10.6 Å². The van der Waals surface area contributed by atoms with Gasteiger partial charge < -0.3 is 20.1 Å². The van der Waals surface area contributed by atoms with E-state index < -0.39 is 0 Å². The molecule has 0 saturated carbocycles. The van der Waals surface area contributed by atoms with Gasteiger partial charge in [0, 0.05) is 26.1 Å². The number of hydrogen-bond acceptors (Lipinski definition) is 5. The number of ether oxygens (including phenoxy) is 2. The summed E-state index contributed by atoms with van der Waals surface area (Å²) >= 11 is 0.